The second-order valence-corrected chi connectivity index (χ2v) is 5.66. The van der Waals surface area contributed by atoms with Crippen molar-refractivity contribution >= 4 is 43.2 Å². The van der Waals surface area contributed by atoms with E-state index in [9.17, 15) is 8.42 Å². The van der Waals surface area contributed by atoms with Crippen LogP contribution in [-0.2, 0) is 10.0 Å². The highest BCUT2D eigenvalue weighted by Gasteiger charge is 2.14. The molecule has 0 bridgehead atoms. The highest BCUT2D eigenvalue weighted by Crippen LogP contribution is 2.30. The zero-order valence-electron chi connectivity index (χ0n) is 7.21. The van der Waals surface area contributed by atoms with E-state index in [1.807, 2.05) is 0 Å². The van der Waals surface area contributed by atoms with Gasteiger partial charge >= 0.3 is 0 Å². The number of hydrogen-bond donors (Lipinski definition) is 2. The first-order chi connectivity index (χ1) is 6.38. The van der Waals surface area contributed by atoms with E-state index >= 15 is 0 Å². The van der Waals surface area contributed by atoms with Crippen molar-refractivity contribution in [3.05, 3.63) is 21.6 Å². The predicted molar refractivity (Wildman–Crippen MR) is 59.8 cm³/mol. The molecule has 1 aromatic rings. The van der Waals surface area contributed by atoms with Gasteiger partial charge in [0, 0.05) is 4.47 Å². The molecular weight excluding hydrogens is 292 g/mol. The number of anilines is 1. The van der Waals surface area contributed by atoms with Gasteiger partial charge in [0.15, 0.2) is 0 Å². The second-order valence-electron chi connectivity index (χ2n) is 2.51. The summed E-state index contributed by atoms with van der Waals surface area (Å²) >= 11 is 8.85. The Morgan fingerprint density at radius 2 is 2.07 bits per heavy atom. The largest absolute Gasteiger partial charge is 0.397 e. The van der Waals surface area contributed by atoms with Crippen LogP contribution in [0.4, 0.5) is 5.69 Å². The molecule has 0 saturated carbocycles. The molecule has 0 heterocycles. The summed E-state index contributed by atoms with van der Waals surface area (Å²) in [4.78, 5) is 0.0751. The maximum Gasteiger partial charge on any atom is 0.240 e. The molecule has 78 valence electrons. The fourth-order valence-corrected chi connectivity index (χ4v) is 2.63. The first kappa shape index (κ1) is 11.8. The van der Waals surface area contributed by atoms with Gasteiger partial charge in [-0.25, -0.2) is 13.1 Å². The number of nitrogen functional groups attached to an aromatic ring is 1. The van der Waals surface area contributed by atoms with Gasteiger partial charge in [0.1, 0.15) is 0 Å². The van der Waals surface area contributed by atoms with E-state index in [0.29, 0.717) is 10.2 Å². The quantitative estimate of drug-likeness (QED) is 0.815. The zero-order chi connectivity index (χ0) is 10.9. The van der Waals surface area contributed by atoms with Crippen molar-refractivity contribution in [2.45, 2.75) is 4.90 Å². The Hall–Kier alpha value is -0.300. The Morgan fingerprint density at radius 1 is 1.50 bits per heavy atom. The monoisotopic (exact) mass is 298 g/mol. The van der Waals surface area contributed by atoms with Crippen LogP contribution in [0.2, 0.25) is 5.02 Å². The lowest BCUT2D eigenvalue weighted by atomic mass is 10.3. The smallest absolute Gasteiger partial charge is 0.240 e. The summed E-state index contributed by atoms with van der Waals surface area (Å²) < 4.78 is 25.4. The fraction of sp³-hybridized carbons (Fsp3) is 0.143. The Balaban J connectivity index is 3.41. The third kappa shape index (κ3) is 2.20. The van der Waals surface area contributed by atoms with E-state index in [1.165, 1.54) is 19.2 Å². The molecule has 1 aromatic carbocycles. The van der Waals surface area contributed by atoms with E-state index in [2.05, 4.69) is 20.7 Å². The minimum Gasteiger partial charge on any atom is -0.397 e. The predicted octanol–water partition coefficient (Wildman–Crippen LogP) is 1.59. The number of rotatable bonds is 2. The Labute approximate surface area is 95.6 Å². The molecule has 0 saturated heterocycles. The number of nitrogens with two attached hydrogens (primary N) is 1. The lowest BCUT2D eigenvalue weighted by molar-refractivity contribution is 0.588. The Kier molecular flexibility index (Phi) is 3.41. The lowest BCUT2D eigenvalue weighted by Crippen LogP contribution is -2.18. The molecule has 0 atom stereocenters. The van der Waals surface area contributed by atoms with Crippen LogP contribution in [0.15, 0.2) is 21.5 Å². The van der Waals surface area contributed by atoms with Crippen molar-refractivity contribution < 1.29 is 8.42 Å². The fourth-order valence-electron chi connectivity index (χ4n) is 0.834. The van der Waals surface area contributed by atoms with E-state index in [-0.39, 0.29) is 9.92 Å². The molecule has 1 rings (SSSR count). The van der Waals surface area contributed by atoms with Crippen molar-refractivity contribution in [2.24, 2.45) is 0 Å². The third-order valence-electron chi connectivity index (χ3n) is 1.63. The minimum absolute atomic E-state index is 0.0751. The lowest BCUT2D eigenvalue weighted by Gasteiger charge is -2.06. The van der Waals surface area contributed by atoms with Crippen molar-refractivity contribution in [1.29, 1.82) is 0 Å². The van der Waals surface area contributed by atoms with Gasteiger partial charge in [-0.2, -0.15) is 0 Å². The summed E-state index contributed by atoms with van der Waals surface area (Å²) in [6.45, 7) is 0. The van der Waals surface area contributed by atoms with Crippen LogP contribution < -0.4 is 10.5 Å². The Bertz CT molecular complexity index is 438. The molecule has 4 nitrogen and oxygen atoms in total. The van der Waals surface area contributed by atoms with Crippen LogP contribution in [0, 0.1) is 0 Å². The molecule has 0 amide bonds. The van der Waals surface area contributed by atoms with Crippen LogP contribution in [0.1, 0.15) is 0 Å². The summed E-state index contributed by atoms with van der Waals surface area (Å²) in [5.74, 6) is 0. The maximum absolute atomic E-state index is 11.4. The highest BCUT2D eigenvalue weighted by atomic mass is 79.9. The molecule has 14 heavy (non-hydrogen) atoms. The van der Waals surface area contributed by atoms with Crippen molar-refractivity contribution in [3.63, 3.8) is 0 Å². The number of halogens is 2. The second kappa shape index (κ2) is 4.06. The van der Waals surface area contributed by atoms with Crippen LogP contribution in [0.5, 0.6) is 0 Å². The molecule has 0 spiro atoms. The standard InChI is InChI=1S/C7H8BrClN2O2S/c1-11-14(12,13)4-2-5(8)7(10)6(9)3-4/h2-3,11H,10H2,1H3. The van der Waals surface area contributed by atoms with Gasteiger partial charge in [-0.05, 0) is 35.1 Å². The molecule has 0 unspecified atom stereocenters. The molecular formula is C7H8BrClN2O2S. The summed E-state index contributed by atoms with van der Waals surface area (Å²) in [5.41, 5.74) is 5.86. The van der Waals surface area contributed by atoms with E-state index in [4.69, 9.17) is 17.3 Å². The van der Waals surface area contributed by atoms with Crippen LogP contribution in [-0.4, -0.2) is 15.5 Å². The number of hydrogen-bond acceptors (Lipinski definition) is 3. The van der Waals surface area contributed by atoms with Gasteiger partial charge < -0.3 is 5.73 Å². The summed E-state index contributed by atoms with van der Waals surface area (Å²) in [7, 11) is -2.15. The summed E-state index contributed by atoms with van der Waals surface area (Å²) in [6.07, 6.45) is 0. The highest BCUT2D eigenvalue weighted by molar-refractivity contribution is 9.10. The molecule has 0 aliphatic heterocycles. The number of sulfonamides is 1. The van der Waals surface area contributed by atoms with Crippen molar-refractivity contribution in [3.8, 4) is 0 Å². The molecule has 0 aliphatic carbocycles. The zero-order valence-corrected chi connectivity index (χ0v) is 10.4. The average molecular weight is 300 g/mol. The molecule has 7 heteroatoms. The molecule has 0 radical (unpaired) electrons. The topological polar surface area (TPSA) is 72.2 Å². The SMILES string of the molecule is CNS(=O)(=O)c1cc(Cl)c(N)c(Br)c1. The van der Waals surface area contributed by atoms with Gasteiger partial charge in [-0.15, -0.1) is 0 Å². The first-order valence-electron chi connectivity index (χ1n) is 3.56. The van der Waals surface area contributed by atoms with Gasteiger partial charge in [0.05, 0.1) is 15.6 Å². The van der Waals surface area contributed by atoms with Gasteiger partial charge in [0.25, 0.3) is 0 Å². The molecule has 3 N–H and O–H groups in total. The minimum atomic E-state index is -3.48. The van der Waals surface area contributed by atoms with Crippen LogP contribution >= 0.6 is 27.5 Å². The third-order valence-corrected chi connectivity index (χ3v) is 3.99. The number of nitrogens with one attached hydrogen (secondary N) is 1. The molecule has 0 aromatic heterocycles. The molecule has 0 aliphatic rings. The van der Waals surface area contributed by atoms with Crippen molar-refractivity contribution in [2.75, 3.05) is 12.8 Å². The van der Waals surface area contributed by atoms with E-state index in [1.54, 1.807) is 0 Å². The maximum atomic E-state index is 11.4. The summed E-state index contributed by atoms with van der Waals surface area (Å²) in [6, 6.07) is 2.69. The average Bonchev–Trinajstić information content (AvgIpc) is 2.13. The van der Waals surface area contributed by atoms with Crippen LogP contribution in [0.3, 0.4) is 0 Å². The van der Waals surface area contributed by atoms with Gasteiger partial charge in [-0.3, -0.25) is 0 Å². The van der Waals surface area contributed by atoms with Gasteiger partial charge in [0.2, 0.25) is 10.0 Å². The molecule has 0 fully saturated rings. The first-order valence-corrected chi connectivity index (χ1v) is 6.22. The normalized spacial score (nSPS) is 11.6. The Morgan fingerprint density at radius 3 is 2.50 bits per heavy atom. The van der Waals surface area contributed by atoms with E-state index < -0.39 is 10.0 Å². The van der Waals surface area contributed by atoms with Crippen LogP contribution in [0.25, 0.3) is 0 Å². The summed E-state index contributed by atoms with van der Waals surface area (Å²) in [5, 5.41) is 0.202. The number of benzene rings is 1. The van der Waals surface area contributed by atoms with E-state index in [0.717, 1.165) is 0 Å². The van der Waals surface area contributed by atoms with Gasteiger partial charge in [-0.1, -0.05) is 11.6 Å². The van der Waals surface area contributed by atoms with Crippen molar-refractivity contribution in [1.82, 2.24) is 4.72 Å².